The summed E-state index contributed by atoms with van der Waals surface area (Å²) in [6.07, 6.45) is -0.564. The minimum atomic E-state index is -3.60. The molecule has 0 saturated carbocycles. The van der Waals surface area contributed by atoms with Crippen LogP contribution < -0.4 is 4.74 Å². The highest BCUT2D eigenvalue weighted by atomic mass is 32.2. The first kappa shape index (κ1) is 13.1. The molecule has 0 amide bonds. The molecule has 2 aromatic rings. The molecule has 0 aromatic heterocycles. The minimum Gasteiger partial charge on any atom is -0.497 e. The topological polar surface area (TPSA) is 58.9 Å². The third-order valence-corrected chi connectivity index (χ3v) is 4.65. The van der Waals surface area contributed by atoms with Crippen LogP contribution in [0, 0.1) is 0 Å². The van der Waals surface area contributed by atoms with Crippen LogP contribution in [-0.2, 0) is 14.9 Å². The van der Waals surface area contributed by atoms with Crippen LogP contribution in [0.3, 0.4) is 0 Å². The zero-order valence-corrected chi connectivity index (χ0v) is 11.6. The second kappa shape index (κ2) is 4.90. The molecule has 0 spiro atoms. The SMILES string of the molecule is COc1ccc(C2ON2S(=O)(=O)c2ccccc2)cc1. The summed E-state index contributed by atoms with van der Waals surface area (Å²) in [7, 11) is -2.02. The Labute approximate surface area is 117 Å². The monoisotopic (exact) mass is 291 g/mol. The van der Waals surface area contributed by atoms with Gasteiger partial charge in [-0.1, -0.05) is 30.3 Å². The van der Waals surface area contributed by atoms with Gasteiger partial charge in [0.2, 0.25) is 0 Å². The van der Waals surface area contributed by atoms with Crippen molar-refractivity contribution in [3.63, 3.8) is 0 Å². The van der Waals surface area contributed by atoms with Crippen LogP contribution in [0.4, 0.5) is 0 Å². The predicted octanol–water partition coefficient (Wildman–Crippen LogP) is 2.33. The Morgan fingerprint density at radius 3 is 2.30 bits per heavy atom. The maximum atomic E-state index is 12.3. The number of nitrogens with zero attached hydrogens (tertiary/aromatic N) is 1. The molecule has 1 aliphatic rings. The maximum Gasteiger partial charge on any atom is 0.267 e. The van der Waals surface area contributed by atoms with Crippen molar-refractivity contribution in [3.05, 3.63) is 60.2 Å². The van der Waals surface area contributed by atoms with Crippen molar-refractivity contribution in [2.24, 2.45) is 0 Å². The van der Waals surface area contributed by atoms with Crippen LogP contribution in [-0.4, -0.2) is 20.0 Å². The van der Waals surface area contributed by atoms with Crippen LogP contribution in [0.1, 0.15) is 11.8 Å². The Kier molecular flexibility index (Phi) is 3.21. The number of hydroxylamine groups is 1. The molecule has 2 atom stereocenters. The number of sulfonamides is 1. The summed E-state index contributed by atoms with van der Waals surface area (Å²) in [4.78, 5) is 5.42. The molecule has 1 fully saturated rings. The van der Waals surface area contributed by atoms with Crippen LogP contribution in [0.5, 0.6) is 5.75 Å². The number of methoxy groups -OCH3 is 1. The lowest BCUT2D eigenvalue weighted by Gasteiger charge is -2.02. The van der Waals surface area contributed by atoms with E-state index in [1.54, 1.807) is 61.7 Å². The summed E-state index contributed by atoms with van der Waals surface area (Å²) >= 11 is 0. The zero-order chi connectivity index (χ0) is 14.2. The molecular formula is C14H13NO4S. The van der Waals surface area contributed by atoms with Crippen molar-refractivity contribution in [2.45, 2.75) is 11.1 Å². The Hall–Kier alpha value is -1.89. The van der Waals surface area contributed by atoms with Gasteiger partial charge in [-0.25, -0.2) is 8.42 Å². The number of hydrogen-bond acceptors (Lipinski definition) is 4. The molecule has 0 radical (unpaired) electrons. The first-order valence-corrected chi connectivity index (χ1v) is 7.47. The van der Waals surface area contributed by atoms with Crippen LogP contribution in [0.25, 0.3) is 0 Å². The molecule has 0 aliphatic carbocycles. The number of hydrogen-bond donors (Lipinski definition) is 0. The Balaban J connectivity index is 1.81. The molecule has 0 bridgehead atoms. The number of rotatable bonds is 4. The summed E-state index contributed by atoms with van der Waals surface area (Å²) in [6.45, 7) is 0. The van der Waals surface area contributed by atoms with Crippen LogP contribution in [0.15, 0.2) is 59.5 Å². The fourth-order valence-corrected chi connectivity index (χ4v) is 3.18. The first-order chi connectivity index (χ1) is 9.63. The lowest BCUT2D eigenvalue weighted by atomic mass is 10.2. The molecule has 6 heteroatoms. The average molecular weight is 291 g/mol. The summed E-state index contributed by atoms with van der Waals surface area (Å²) in [5.41, 5.74) is 0.769. The van der Waals surface area contributed by atoms with Gasteiger partial charge in [-0.05, 0) is 28.7 Å². The van der Waals surface area contributed by atoms with Gasteiger partial charge >= 0.3 is 0 Å². The van der Waals surface area contributed by atoms with Crippen molar-refractivity contribution in [1.29, 1.82) is 0 Å². The van der Waals surface area contributed by atoms with E-state index in [0.29, 0.717) is 5.75 Å². The van der Waals surface area contributed by atoms with E-state index in [1.807, 2.05) is 0 Å². The Morgan fingerprint density at radius 1 is 1.05 bits per heavy atom. The lowest BCUT2D eigenvalue weighted by Crippen LogP contribution is -2.12. The van der Waals surface area contributed by atoms with E-state index in [1.165, 1.54) is 0 Å². The van der Waals surface area contributed by atoms with Gasteiger partial charge in [0.25, 0.3) is 10.0 Å². The molecule has 2 aromatic carbocycles. The molecular weight excluding hydrogens is 278 g/mol. The van der Waals surface area contributed by atoms with Crippen LogP contribution >= 0.6 is 0 Å². The van der Waals surface area contributed by atoms with E-state index in [9.17, 15) is 8.42 Å². The van der Waals surface area contributed by atoms with Gasteiger partial charge in [-0.3, -0.25) is 4.84 Å². The van der Waals surface area contributed by atoms with Gasteiger partial charge in [-0.15, -0.1) is 0 Å². The van der Waals surface area contributed by atoms with Gasteiger partial charge in [0.15, 0.2) is 6.23 Å². The molecule has 0 N–H and O–H groups in total. The largest absolute Gasteiger partial charge is 0.497 e. The molecule has 3 rings (SSSR count). The molecule has 1 heterocycles. The third kappa shape index (κ3) is 2.29. The zero-order valence-electron chi connectivity index (χ0n) is 10.8. The third-order valence-electron chi connectivity index (χ3n) is 3.03. The first-order valence-electron chi connectivity index (χ1n) is 6.03. The average Bonchev–Trinajstić information content (AvgIpc) is 3.29. The van der Waals surface area contributed by atoms with Crippen LogP contribution in [0.2, 0.25) is 0 Å². The highest BCUT2D eigenvalue weighted by Gasteiger charge is 2.48. The van der Waals surface area contributed by atoms with E-state index >= 15 is 0 Å². The van der Waals surface area contributed by atoms with Crippen molar-refractivity contribution in [3.8, 4) is 5.75 Å². The number of ether oxygens (including phenoxy) is 1. The van der Waals surface area contributed by atoms with E-state index in [-0.39, 0.29) is 4.90 Å². The fourth-order valence-electron chi connectivity index (χ4n) is 1.90. The van der Waals surface area contributed by atoms with Gasteiger partial charge in [0.05, 0.1) is 12.0 Å². The molecule has 5 nitrogen and oxygen atoms in total. The molecule has 2 unspecified atom stereocenters. The predicted molar refractivity (Wildman–Crippen MR) is 72.3 cm³/mol. The highest BCUT2D eigenvalue weighted by molar-refractivity contribution is 7.89. The van der Waals surface area contributed by atoms with Crippen molar-refractivity contribution in [1.82, 2.24) is 4.47 Å². The maximum absolute atomic E-state index is 12.3. The molecule has 1 saturated heterocycles. The van der Waals surface area contributed by atoms with Crippen molar-refractivity contribution < 1.29 is 18.0 Å². The lowest BCUT2D eigenvalue weighted by molar-refractivity contribution is 0.283. The quantitative estimate of drug-likeness (QED) is 0.811. The van der Waals surface area contributed by atoms with E-state index in [4.69, 9.17) is 9.57 Å². The normalized spacial score (nSPS) is 21.4. The summed E-state index contributed by atoms with van der Waals surface area (Å²) < 4.78 is 30.6. The van der Waals surface area contributed by atoms with Crippen molar-refractivity contribution >= 4 is 10.0 Å². The Bertz CT molecular complexity index is 698. The molecule has 1 aliphatic heterocycles. The second-order valence-electron chi connectivity index (χ2n) is 4.30. The standard InChI is InChI=1S/C14H13NO4S/c1-18-12-9-7-11(8-10-12)14-15(19-14)20(16,17)13-5-3-2-4-6-13/h2-10,14H,1H3. The van der Waals surface area contributed by atoms with Gasteiger partial charge < -0.3 is 4.74 Å². The number of benzene rings is 2. The molecule has 104 valence electrons. The summed E-state index contributed by atoms with van der Waals surface area (Å²) in [5, 5.41) is 0. The summed E-state index contributed by atoms with van der Waals surface area (Å²) in [6, 6.07) is 15.3. The van der Waals surface area contributed by atoms with E-state index in [2.05, 4.69) is 0 Å². The second-order valence-corrected chi connectivity index (χ2v) is 6.09. The van der Waals surface area contributed by atoms with Crippen molar-refractivity contribution in [2.75, 3.05) is 7.11 Å². The van der Waals surface area contributed by atoms with E-state index < -0.39 is 16.3 Å². The van der Waals surface area contributed by atoms with Gasteiger partial charge in [-0.2, -0.15) is 0 Å². The van der Waals surface area contributed by atoms with Gasteiger partial charge in [0.1, 0.15) is 5.75 Å². The van der Waals surface area contributed by atoms with Gasteiger partial charge in [0, 0.05) is 5.56 Å². The minimum absolute atomic E-state index is 0.219. The Morgan fingerprint density at radius 2 is 1.70 bits per heavy atom. The highest BCUT2D eigenvalue weighted by Crippen LogP contribution is 2.42. The smallest absolute Gasteiger partial charge is 0.267 e. The fraction of sp³-hybridized carbons (Fsp3) is 0.143. The summed E-state index contributed by atoms with van der Waals surface area (Å²) in [5.74, 6) is 0.715. The molecule has 20 heavy (non-hydrogen) atoms. The van der Waals surface area contributed by atoms with E-state index in [0.717, 1.165) is 10.0 Å².